The molecule has 2 N–H and O–H groups in total. The number of rotatable bonds is 9. The maximum absolute atomic E-state index is 12.0. The second kappa shape index (κ2) is 11.3. The van der Waals surface area contributed by atoms with Crippen LogP contribution < -0.4 is 14.9 Å². The third-order valence-corrected chi connectivity index (χ3v) is 5.33. The molecule has 0 radical (unpaired) electrons. The Balaban J connectivity index is 1.46. The molecule has 3 aromatic rings. The fourth-order valence-corrected chi connectivity index (χ4v) is 3.50. The number of ether oxygens (including phenoxy) is 2. The van der Waals surface area contributed by atoms with E-state index in [2.05, 4.69) is 20.7 Å². The quantitative estimate of drug-likeness (QED) is 0.241. The number of halogens is 3. The molecule has 0 unspecified atom stereocenters. The Morgan fingerprint density at radius 1 is 1.22 bits per heavy atom. The summed E-state index contributed by atoms with van der Waals surface area (Å²) in [5.41, 5.74) is 2.89. The van der Waals surface area contributed by atoms with Crippen LogP contribution in [0.1, 0.15) is 11.5 Å². The molecule has 168 valence electrons. The van der Waals surface area contributed by atoms with Crippen LogP contribution in [0.4, 0.5) is 0 Å². The fourth-order valence-electron chi connectivity index (χ4n) is 2.25. The summed E-state index contributed by atoms with van der Waals surface area (Å²) in [5.74, 6) is 0.251. The Morgan fingerprint density at radius 3 is 2.78 bits per heavy atom. The number of aromatic nitrogens is 2. The molecule has 0 fully saturated rings. The van der Waals surface area contributed by atoms with Gasteiger partial charge in [-0.1, -0.05) is 46.6 Å². The number of thioether (sulfide) groups is 1. The Morgan fingerprint density at radius 2 is 2.03 bits per heavy atom. The highest BCUT2D eigenvalue weighted by Gasteiger charge is 2.12. The zero-order chi connectivity index (χ0) is 23.1. The minimum atomic E-state index is -0.396. The van der Waals surface area contributed by atoms with Gasteiger partial charge in [-0.25, -0.2) is 5.43 Å². The summed E-state index contributed by atoms with van der Waals surface area (Å²) in [6, 6.07) is 7.82. The molecular formula is C19H15Cl3N4O5S. The first-order chi connectivity index (χ1) is 15.4. The number of phenolic OH excluding ortho intramolecular Hbond substituents is 1. The lowest BCUT2D eigenvalue weighted by Gasteiger charge is -2.06. The molecule has 2 aromatic carbocycles. The molecule has 0 bridgehead atoms. The molecule has 0 atom stereocenters. The van der Waals surface area contributed by atoms with Gasteiger partial charge >= 0.3 is 0 Å². The van der Waals surface area contributed by atoms with Crippen molar-refractivity contribution in [3.63, 3.8) is 0 Å². The van der Waals surface area contributed by atoms with E-state index in [1.807, 2.05) is 0 Å². The number of aromatic hydroxyl groups is 1. The lowest BCUT2D eigenvalue weighted by molar-refractivity contribution is -0.118. The van der Waals surface area contributed by atoms with Crippen molar-refractivity contribution < 1.29 is 23.8 Å². The first-order valence-electron chi connectivity index (χ1n) is 8.77. The van der Waals surface area contributed by atoms with E-state index in [-0.39, 0.29) is 40.0 Å². The van der Waals surface area contributed by atoms with Gasteiger partial charge in [-0.3, -0.25) is 4.79 Å². The van der Waals surface area contributed by atoms with Crippen molar-refractivity contribution >= 4 is 58.7 Å². The third-order valence-electron chi connectivity index (χ3n) is 3.69. The molecule has 0 saturated heterocycles. The van der Waals surface area contributed by atoms with Gasteiger partial charge in [-0.2, -0.15) is 5.10 Å². The van der Waals surface area contributed by atoms with Crippen molar-refractivity contribution in [1.82, 2.24) is 15.6 Å². The van der Waals surface area contributed by atoms with Crippen molar-refractivity contribution in [2.24, 2.45) is 5.10 Å². The molecule has 1 aromatic heterocycles. The van der Waals surface area contributed by atoms with Gasteiger partial charge in [0, 0.05) is 5.02 Å². The number of hydrogen-bond donors (Lipinski definition) is 2. The highest BCUT2D eigenvalue weighted by molar-refractivity contribution is 7.99. The van der Waals surface area contributed by atoms with Crippen LogP contribution in [0.5, 0.6) is 17.2 Å². The van der Waals surface area contributed by atoms with Crippen LogP contribution in [0.25, 0.3) is 0 Å². The first-order valence-corrected chi connectivity index (χ1v) is 10.9. The number of methoxy groups -OCH3 is 1. The number of benzene rings is 2. The second-order valence-electron chi connectivity index (χ2n) is 5.96. The predicted octanol–water partition coefficient (Wildman–Crippen LogP) is 4.57. The van der Waals surface area contributed by atoms with Gasteiger partial charge in [-0.05, 0) is 35.9 Å². The van der Waals surface area contributed by atoms with E-state index in [9.17, 15) is 9.90 Å². The van der Waals surface area contributed by atoms with Gasteiger partial charge in [0.2, 0.25) is 0 Å². The molecule has 32 heavy (non-hydrogen) atoms. The summed E-state index contributed by atoms with van der Waals surface area (Å²) in [4.78, 5) is 12.0. The maximum Gasteiger partial charge on any atom is 0.277 e. The summed E-state index contributed by atoms with van der Waals surface area (Å²) in [7, 11) is 1.40. The summed E-state index contributed by atoms with van der Waals surface area (Å²) in [5, 5.41) is 22.4. The van der Waals surface area contributed by atoms with E-state index in [0.717, 1.165) is 11.8 Å². The molecule has 0 aliphatic carbocycles. The summed E-state index contributed by atoms with van der Waals surface area (Å²) in [6.45, 7) is 0.00402. The van der Waals surface area contributed by atoms with Crippen LogP contribution in [0.2, 0.25) is 15.1 Å². The van der Waals surface area contributed by atoms with Crippen molar-refractivity contribution in [1.29, 1.82) is 0 Å². The molecule has 0 aliphatic heterocycles. The Kier molecular flexibility index (Phi) is 8.46. The van der Waals surface area contributed by atoms with Crippen molar-refractivity contribution in [2.45, 2.75) is 11.8 Å². The first kappa shape index (κ1) is 24.0. The van der Waals surface area contributed by atoms with Gasteiger partial charge in [0.15, 0.2) is 18.1 Å². The molecule has 3 rings (SSSR count). The number of nitrogens with zero attached hydrogens (tertiary/aromatic N) is 3. The van der Waals surface area contributed by atoms with Crippen LogP contribution in [-0.4, -0.2) is 40.3 Å². The van der Waals surface area contributed by atoms with Gasteiger partial charge in [0.1, 0.15) is 5.75 Å². The number of amides is 1. The SMILES string of the molecule is COc1cc(/C=N\NC(=O)CSc2nnc(COc3ccc(Cl)cc3Cl)o2)cc(Cl)c1O. The molecule has 9 nitrogen and oxygen atoms in total. The number of carbonyl (C=O) groups is 1. The van der Waals surface area contributed by atoms with Crippen LogP contribution in [-0.2, 0) is 11.4 Å². The molecule has 0 spiro atoms. The molecule has 1 heterocycles. The lowest BCUT2D eigenvalue weighted by atomic mass is 10.2. The normalized spacial score (nSPS) is 11.0. The molecule has 1 amide bonds. The third kappa shape index (κ3) is 6.67. The molecule has 13 heteroatoms. The van der Waals surface area contributed by atoms with Crippen LogP contribution in [0, 0.1) is 0 Å². The number of hydrogen-bond acceptors (Lipinski definition) is 9. The average molecular weight is 518 g/mol. The van der Waals surface area contributed by atoms with E-state index >= 15 is 0 Å². The molecule has 0 saturated carbocycles. The standard InChI is InChI=1S/C19H15Cl3N4O5S/c1-29-15-5-10(4-13(22)18(15)28)7-23-24-16(27)9-32-19-26-25-17(31-19)8-30-14-3-2-11(20)6-12(14)21/h2-7,28H,8-9H2,1H3,(H,24,27)/b23-7-. The topological polar surface area (TPSA) is 119 Å². The zero-order valence-electron chi connectivity index (χ0n) is 16.3. The average Bonchev–Trinajstić information content (AvgIpc) is 3.22. The van der Waals surface area contributed by atoms with Crippen LogP contribution >= 0.6 is 46.6 Å². The van der Waals surface area contributed by atoms with Crippen molar-refractivity contribution in [3.8, 4) is 17.2 Å². The zero-order valence-corrected chi connectivity index (χ0v) is 19.4. The minimum absolute atomic E-state index is 0.00402. The second-order valence-corrected chi connectivity index (χ2v) is 8.14. The molecule has 0 aliphatic rings. The van der Waals surface area contributed by atoms with E-state index < -0.39 is 5.91 Å². The van der Waals surface area contributed by atoms with Gasteiger partial charge < -0.3 is 19.0 Å². The van der Waals surface area contributed by atoms with E-state index in [1.165, 1.54) is 25.5 Å². The Bertz CT molecular complexity index is 1140. The van der Waals surface area contributed by atoms with E-state index in [4.69, 9.17) is 48.7 Å². The Labute approximate surface area is 201 Å². The lowest BCUT2D eigenvalue weighted by Crippen LogP contribution is -2.19. The van der Waals surface area contributed by atoms with Gasteiger partial charge in [0.25, 0.3) is 17.0 Å². The van der Waals surface area contributed by atoms with Crippen LogP contribution in [0.15, 0.2) is 45.1 Å². The molecular weight excluding hydrogens is 503 g/mol. The van der Waals surface area contributed by atoms with Crippen molar-refractivity contribution in [3.05, 3.63) is 56.9 Å². The smallest absolute Gasteiger partial charge is 0.277 e. The minimum Gasteiger partial charge on any atom is -0.503 e. The van der Waals surface area contributed by atoms with E-state index in [1.54, 1.807) is 18.2 Å². The summed E-state index contributed by atoms with van der Waals surface area (Å²) in [6.07, 6.45) is 1.36. The largest absolute Gasteiger partial charge is 0.503 e. The summed E-state index contributed by atoms with van der Waals surface area (Å²) < 4.78 is 15.9. The highest BCUT2D eigenvalue weighted by atomic mass is 35.5. The summed E-state index contributed by atoms with van der Waals surface area (Å²) >= 11 is 18.8. The Hall–Kier alpha value is -2.66. The monoisotopic (exact) mass is 516 g/mol. The number of nitrogens with one attached hydrogen (secondary N) is 1. The van der Waals surface area contributed by atoms with Crippen LogP contribution in [0.3, 0.4) is 0 Å². The van der Waals surface area contributed by atoms with Gasteiger partial charge in [-0.15, -0.1) is 10.2 Å². The van der Waals surface area contributed by atoms with E-state index in [0.29, 0.717) is 21.4 Å². The number of hydrazone groups is 1. The van der Waals surface area contributed by atoms with Gasteiger partial charge in [0.05, 0.1) is 29.1 Å². The highest BCUT2D eigenvalue weighted by Crippen LogP contribution is 2.34. The number of phenols is 1. The van der Waals surface area contributed by atoms with Crippen molar-refractivity contribution in [2.75, 3.05) is 12.9 Å². The predicted molar refractivity (Wildman–Crippen MR) is 121 cm³/mol. The fraction of sp³-hybridized carbons (Fsp3) is 0.158. The maximum atomic E-state index is 12.0. The number of carbonyl (C=O) groups excluding carboxylic acids is 1.